The second-order valence-corrected chi connectivity index (χ2v) is 3.50. The van der Waals surface area contributed by atoms with E-state index in [2.05, 4.69) is 5.10 Å². The van der Waals surface area contributed by atoms with Crippen LogP contribution in [0.5, 0.6) is 0 Å². The molecule has 0 radical (unpaired) electrons. The van der Waals surface area contributed by atoms with Gasteiger partial charge in [0.05, 0.1) is 24.1 Å². The van der Waals surface area contributed by atoms with E-state index < -0.39 is 11.7 Å². The number of benzene rings is 1. The fourth-order valence-electron chi connectivity index (χ4n) is 1.36. The van der Waals surface area contributed by atoms with Gasteiger partial charge in [-0.3, -0.25) is 0 Å². The Morgan fingerprint density at radius 1 is 1.18 bits per heavy atom. The Morgan fingerprint density at radius 2 is 1.82 bits per heavy atom. The number of hydrogen-bond donors (Lipinski definition) is 1. The van der Waals surface area contributed by atoms with Crippen molar-refractivity contribution in [2.75, 3.05) is 0 Å². The van der Waals surface area contributed by atoms with Crippen molar-refractivity contribution < 1.29 is 18.3 Å². The van der Waals surface area contributed by atoms with Crippen molar-refractivity contribution >= 4 is 0 Å². The summed E-state index contributed by atoms with van der Waals surface area (Å²) in [4.78, 5) is 0. The van der Waals surface area contributed by atoms with Crippen LogP contribution in [0.15, 0.2) is 36.7 Å². The maximum absolute atomic E-state index is 12.3. The summed E-state index contributed by atoms with van der Waals surface area (Å²) in [6.07, 6.45) is -2.68. The van der Waals surface area contributed by atoms with Crippen molar-refractivity contribution in [3.63, 3.8) is 0 Å². The Bertz CT molecular complexity index is 502. The van der Waals surface area contributed by atoms with Gasteiger partial charge in [-0.25, -0.2) is 4.68 Å². The van der Waals surface area contributed by atoms with Crippen LogP contribution in [0.3, 0.4) is 0 Å². The van der Waals surface area contributed by atoms with Gasteiger partial charge in [-0.05, 0) is 17.7 Å². The van der Waals surface area contributed by atoms with Crippen molar-refractivity contribution in [3.05, 3.63) is 47.8 Å². The van der Waals surface area contributed by atoms with Crippen molar-refractivity contribution in [1.29, 1.82) is 0 Å². The van der Waals surface area contributed by atoms with Crippen LogP contribution in [-0.4, -0.2) is 14.9 Å². The number of aromatic nitrogens is 2. The van der Waals surface area contributed by atoms with E-state index in [0.717, 1.165) is 17.1 Å². The summed E-state index contributed by atoms with van der Waals surface area (Å²) in [5.41, 5.74) is 0.415. The van der Waals surface area contributed by atoms with E-state index >= 15 is 0 Å². The van der Waals surface area contributed by atoms with E-state index in [1.54, 1.807) is 24.3 Å². The van der Waals surface area contributed by atoms with E-state index in [1.807, 2.05) is 0 Å². The number of alkyl halides is 3. The second kappa shape index (κ2) is 4.21. The molecule has 0 unspecified atom stereocenters. The molecule has 1 aromatic heterocycles. The lowest BCUT2D eigenvalue weighted by Crippen LogP contribution is -2.03. The molecule has 0 aliphatic rings. The van der Waals surface area contributed by atoms with Gasteiger partial charge in [0, 0.05) is 6.20 Å². The highest BCUT2D eigenvalue weighted by Crippen LogP contribution is 2.29. The number of nitrogens with zero attached hydrogens (tertiary/aromatic N) is 2. The summed E-state index contributed by atoms with van der Waals surface area (Å²) in [6, 6.07) is 6.45. The first-order valence-corrected chi connectivity index (χ1v) is 4.83. The molecule has 90 valence electrons. The van der Waals surface area contributed by atoms with Gasteiger partial charge in [-0.2, -0.15) is 18.3 Å². The van der Waals surface area contributed by atoms with Crippen LogP contribution in [0.4, 0.5) is 13.2 Å². The lowest BCUT2D eigenvalue weighted by Gasteiger charge is -2.03. The maximum Gasteiger partial charge on any atom is 0.419 e. The predicted molar refractivity (Wildman–Crippen MR) is 54.5 cm³/mol. The average molecular weight is 242 g/mol. The highest BCUT2D eigenvalue weighted by Gasteiger charge is 2.32. The van der Waals surface area contributed by atoms with E-state index in [0.29, 0.717) is 11.3 Å². The molecule has 17 heavy (non-hydrogen) atoms. The first-order chi connectivity index (χ1) is 8.00. The SMILES string of the molecule is OCc1ccc(-n2cc(C(F)(F)F)cn2)cc1. The Kier molecular flexibility index (Phi) is 2.89. The Morgan fingerprint density at radius 3 is 2.29 bits per heavy atom. The van der Waals surface area contributed by atoms with Crippen LogP contribution < -0.4 is 0 Å². The minimum atomic E-state index is -4.39. The quantitative estimate of drug-likeness (QED) is 0.878. The van der Waals surface area contributed by atoms with Crippen molar-refractivity contribution in [2.45, 2.75) is 12.8 Å². The Hall–Kier alpha value is -1.82. The molecule has 0 amide bonds. The summed E-state index contributed by atoms with van der Waals surface area (Å²) in [5.74, 6) is 0. The van der Waals surface area contributed by atoms with Crippen LogP contribution in [0, 0.1) is 0 Å². The standard InChI is InChI=1S/C11H9F3N2O/c12-11(13,14)9-5-15-16(6-9)10-3-1-8(7-17)2-4-10/h1-6,17H,7H2. The fourth-order valence-corrected chi connectivity index (χ4v) is 1.36. The van der Waals surface area contributed by atoms with Crippen LogP contribution in [0.25, 0.3) is 5.69 Å². The summed E-state index contributed by atoms with van der Waals surface area (Å²) < 4.78 is 38.2. The van der Waals surface area contributed by atoms with Gasteiger partial charge in [0.15, 0.2) is 0 Å². The molecule has 2 rings (SSSR count). The molecule has 0 fully saturated rings. The number of aliphatic hydroxyl groups is 1. The monoisotopic (exact) mass is 242 g/mol. The van der Waals surface area contributed by atoms with Crippen LogP contribution in [0.2, 0.25) is 0 Å². The third-order valence-electron chi connectivity index (χ3n) is 2.29. The van der Waals surface area contributed by atoms with Gasteiger partial charge in [0.2, 0.25) is 0 Å². The minimum Gasteiger partial charge on any atom is -0.392 e. The van der Waals surface area contributed by atoms with Gasteiger partial charge in [-0.15, -0.1) is 0 Å². The van der Waals surface area contributed by atoms with Gasteiger partial charge >= 0.3 is 6.18 Å². The third kappa shape index (κ3) is 2.47. The van der Waals surface area contributed by atoms with Crippen molar-refractivity contribution in [3.8, 4) is 5.69 Å². The number of aliphatic hydroxyl groups excluding tert-OH is 1. The largest absolute Gasteiger partial charge is 0.419 e. The van der Waals surface area contributed by atoms with Crippen LogP contribution in [-0.2, 0) is 12.8 Å². The predicted octanol–water partition coefficient (Wildman–Crippen LogP) is 2.38. The molecular weight excluding hydrogens is 233 g/mol. The molecule has 6 heteroatoms. The van der Waals surface area contributed by atoms with Crippen molar-refractivity contribution in [2.24, 2.45) is 0 Å². The van der Waals surface area contributed by atoms with Crippen LogP contribution >= 0.6 is 0 Å². The molecule has 0 atom stereocenters. The molecular formula is C11H9F3N2O. The summed E-state index contributed by atoms with van der Waals surface area (Å²) in [7, 11) is 0. The Labute approximate surface area is 95.1 Å². The number of halogens is 3. The smallest absolute Gasteiger partial charge is 0.392 e. The van der Waals surface area contributed by atoms with E-state index in [4.69, 9.17) is 5.11 Å². The molecule has 0 saturated heterocycles. The number of hydrogen-bond acceptors (Lipinski definition) is 2. The van der Waals surface area contributed by atoms with E-state index in [-0.39, 0.29) is 6.61 Å². The molecule has 0 aliphatic carbocycles. The van der Waals surface area contributed by atoms with Crippen LogP contribution in [0.1, 0.15) is 11.1 Å². The molecule has 0 saturated carbocycles. The zero-order valence-electron chi connectivity index (χ0n) is 8.65. The maximum atomic E-state index is 12.3. The van der Waals surface area contributed by atoms with Gasteiger partial charge in [-0.1, -0.05) is 12.1 Å². The molecule has 0 bridgehead atoms. The first kappa shape index (κ1) is 11.7. The molecule has 2 aromatic rings. The lowest BCUT2D eigenvalue weighted by molar-refractivity contribution is -0.137. The third-order valence-corrected chi connectivity index (χ3v) is 2.29. The number of rotatable bonds is 2. The van der Waals surface area contributed by atoms with Crippen molar-refractivity contribution in [1.82, 2.24) is 9.78 Å². The fraction of sp³-hybridized carbons (Fsp3) is 0.182. The Balaban J connectivity index is 2.30. The topological polar surface area (TPSA) is 38.0 Å². The minimum absolute atomic E-state index is 0.104. The molecule has 0 spiro atoms. The summed E-state index contributed by atoms with van der Waals surface area (Å²) >= 11 is 0. The first-order valence-electron chi connectivity index (χ1n) is 4.83. The highest BCUT2D eigenvalue weighted by atomic mass is 19.4. The van der Waals surface area contributed by atoms with E-state index in [1.165, 1.54) is 0 Å². The lowest BCUT2D eigenvalue weighted by atomic mass is 10.2. The van der Waals surface area contributed by atoms with Gasteiger partial charge in [0.1, 0.15) is 0 Å². The highest BCUT2D eigenvalue weighted by molar-refractivity contribution is 5.34. The summed E-state index contributed by atoms with van der Waals surface area (Å²) in [5, 5.41) is 12.5. The zero-order valence-corrected chi connectivity index (χ0v) is 8.65. The second-order valence-electron chi connectivity index (χ2n) is 3.50. The van der Waals surface area contributed by atoms with E-state index in [9.17, 15) is 13.2 Å². The summed E-state index contributed by atoms with van der Waals surface area (Å²) in [6.45, 7) is -0.104. The molecule has 1 aromatic carbocycles. The molecule has 3 nitrogen and oxygen atoms in total. The molecule has 1 heterocycles. The molecule has 1 N–H and O–H groups in total. The molecule has 0 aliphatic heterocycles. The van der Waals surface area contributed by atoms with Gasteiger partial charge in [0.25, 0.3) is 0 Å². The normalized spacial score (nSPS) is 11.8. The van der Waals surface area contributed by atoms with Gasteiger partial charge < -0.3 is 5.11 Å². The average Bonchev–Trinajstić information content (AvgIpc) is 2.78. The zero-order chi connectivity index (χ0) is 12.5.